The van der Waals surface area contributed by atoms with Crippen molar-refractivity contribution in [1.29, 1.82) is 0 Å². The van der Waals surface area contributed by atoms with Gasteiger partial charge in [-0.1, -0.05) is 121 Å². The Kier molecular flexibility index (Phi) is 5.57. The third kappa shape index (κ3) is 3.86. The monoisotopic (exact) mass is 701 g/mol. The molecule has 5 nitrogen and oxygen atoms in total. The van der Waals surface area contributed by atoms with E-state index in [4.69, 9.17) is 18.8 Å². The lowest BCUT2D eigenvalue weighted by atomic mass is 9.91. The molecule has 0 aliphatic carbocycles. The highest BCUT2D eigenvalue weighted by Crippen LogP contribution is 2.46. The zero-order valence-electron chi connectivity index (χ0n) is 29.2. The van der Waals surface area contributed by atoms with Gasteiger partial charge in [-0.25, -0.2) is 9.97 Å². The average molecular weight is 702 g/mol. The molecule has 5 heteroatoms. The van der Waals surface area contributed by atoms with E-state index in [0.717, 1.165) is 55.0 Å². The molecule has 4 aromatic heterocycles. The summed E-state index contributed by atoms with van der Waals surface area (Å²) in [5.41, 5.74) is 7.55. The molecule has 0 atom stereocenters. The van der Waals surface area contributed by atoms with Crippen LogP contribution in [0.1, 0.15) is 0 Å². The third-order valence-corrected chi connectivity index (χ3v) is 11.6. The number of aromatic nitrogens is 3. The predicted octanol–water partition coefficient (Wildman–Crippen LogP) is 13.7. The number of furan rings is 2. The minimum absolute atomic E-state index is 0.582. The number of fused-ring (bicyclic) bond motifs is 18. The van der Waals surface area contributed by atoms with Crippen molar-refractivity contribution in [2.45, 2.75) is 0 Å². The van der Waals surface area contributed by atoms with Gasteiger partial charge in [0.1, 0.15) is 28.0 Å². The van der Waals surface area contributed by atoms with Crippen LogP contribution in [0.2, 0.25) is 0 Å². The predicted molar refractivity (Wildman–Crippen MR) is 226 cm³/mol. The molecule has 4 heterocycles. The van der Waals surface area contributed by atoms with Gasteiger partial charge >= 0.3 is 0 Å². The smallest absolute Gasteiger partial charge is 0.236 e. The Bertz CT molecular complexity index is 3760. The van der Waals surface area contributed by atoms with Crippen LogP contribution in [0.25, 0.3) is 126 Å². The van der Waals surface area contributed by atoms with Gasteiger partial charge in [0.05, 0.1) is 11.0 Å². The standard InChI is InChI=1S/C50H27N3O2/c1-2-12-30-28(11-1)22-25-39-45(30)46-40(26-24-37-33-15-4-3-13-31(33)32-14-5-6-17-36(32)44(37)46)53(39)50-51-47(49-48(52-50)38-18-8-10-20-42(38)55-49)29-21-23-35-34-16-7-9-19-41(34)54-43(35)27-29/h1-27H. The molecule has 9 aromatic carbocycles. The first-order valence-electron chi connectivity index (χ1n) is 18.6. The van der Waals surface area contributed by atoms with E-state index >= 15 is 0 Å². The van der Waals surface area contributed by atoms with E-state index in [1.807, 2.05) is 36.4 Å². The fourth-order valence-corrected chi connectivity index (χ4v) is 9.23. The fraction of sp³-hybridized carbons (Fsp3) is 0. The normalized spacial score (nSPS) is 12.4. The van der Waals surface area contributed by atoms with Gasteiger partial charge in [0.25, 0.3) is 0 Å². The summed E-state index contributed by atoms with van der Waals surface area (Å²) >= 11 is 0. The molecule has 0 aliphatic rings. The van der Waals surface area contributed by atoms with Crippen LogP contribution in [-0.2, 0) is 0 Å². The van der Waals surface area contributed by atoms with E-state index < -0.39 is 0 Å². The van der Waals surface area contributed by atoms with Crippen molar-refractivity contribution >= 4 is 109 Å². The summed E-state index contributed by atoms with van der Waals surface area (Å²) in [7, 11) is 0. The minimum Gasteiger partial charge on any atom is -0.456 e. The number of rotatable bonds is 2. The maximum atomic E-state index is 6.60. The zero-order valence-corrected chi connectivity index (χ0v) is 29.2. The van der Waals surface area contributed by atoms with Crippen molar-refractivity contribution in [3.05, 3.63) is 164 Å². The van der Waals surface area contributed by atoms with Crippen molar-refractivity contribution in [2.75, 3.05) is 0 Å². The SMILES string of the molecule is c1ccc2c(c1)ccc1c2c2c3c4ccccc4c4ccccc4c3ccc2n1-c1nc(-c2ccc3c(c2)oc2ccccc23)c2oc3ccccc3c2n1. The molecule has 0 saturated heterocycles. The number of hydrogen-bond donors (Lipinski definition) is 0. The van der Waals surface area contributed by atoms with Gasteiger partial charge in [0.2, 0.25) is 5.95 Å². The second-order valence-corrected chi connectivity index (χ2v) is 14.4. The Hall–Kier alpha value is -7.50. The van der Waals surface area contributed by atoms with E-state index in [9.17, 15) is 0 Å². The van der Waals surface area contributed by atoms with E-state index in [-0.39, 0.29) is 0 Å². The van der Waals surface area contributed by atoms with Crippen LogP contribution in [0.4, 0.5) is 0 Å². The van der Waals surface area contributed by atoms with E-state index in [1.165, 1.54) is 53.9 Å². The summed E-state index contributed by atoms with van der Waals surface area (Å²) in [6, 6.07) is 57.8. The lowest BCUT2D eigenvalue weighted by Crippen LogP contribution is -2.03. The lowest BCUT2D eigenvalue weighted by Gasteiger charge is -2.12. The molecule has 254 valence electrons. The van der Waals surface area contributed by atoms with E-state index in [2.05, 4.69) is 132 Å². The van der Waals surface area contributed by atoms with Gasteiger partial charge in [-0.2, -0.15) is 0 Å². The van der Waals surface area contributed by atoms with Crippen LogP contribution < -0.4 is 0 Å². The summed E-state index contributed by atoms with van der Waals surface area (Å²) in [4.78, 5) is 10.9. The van der Waals surface area contributed by atoms with Crippen LogP contribution in [0.3, 0.4) is 0 Å². The first-order chi connectivity index (χ1) is 27.3. The number of nitrogens with zero attached hydrogens (tertiary/aromatic N) is 3. The maximum Gasteiger partial charge on any atom is 0.236 e. The van der Waals surface area contributed by atoms with Crippen molar-refractivity contribution < 1.29 is 8.83 Å². The highest BCUT2D eigenvalue weighted by molar-refractivity contribution is 6.37. The summed E-state index contributed by atoms with van der Waals surface area (Å²) in [6.07, 6.45) is 0. The summed E-state index contributed by atoms with van der Waals surface area (Å²) in [6.45, 7) is 0. The summed E-state index contributed by atoms with van der Waals surface area (Å²) in [5, 5.41) is 15.3. The molecule has 0 aliphatic heterocycles. The fourth-order valence-electron chi connectivity index (χ4n) is 9.23. The Morgan fingerprint density at radius 2 is 0.945 bits per heavy atom. The Labute approximate surface area is 312 Å². The average Bonchev–Trinajstić information content (AvgIpc) is 3.92. The Morgan fingerprint density at radius 1 is 0.382 bits per heavy atom. The molecular weight excluding hydrogens is 675 g/mol. The van der Waals surface area contributed by atoms with Crippen LogP contribution in [0.5, 0.6) is 0 Å². The Balaban J connectivity index is 1.21. The zero-order chi connectivity index (χ0) is 35.8. The first kappa shape index (κ1) is 29.0. The molecule has 55 heavy (non-hydrogen) atoms. The largest absolute Gasteiger partial charge is 0.456 e. The van der Waals surface area contributed by atoms with Crippen LogP contribution in [0, 0.1) is 0 Å². The minimum atomic E-state index is 0.582. The number of hydrogen-bond acceptors (Lipinski definition) is 4. The highest BCUT2D eigenvalue weighted by Gasteiger charge is 2.24. The molecule has 0 spiro atoms. The van der Waals surface area contributed by atoms with Crippen molar-refractivity contribution in [3.63, 3.8) is 0 Å². The molecule has 13 rings (SSSR count). The molecular formula is C50H27N3O2. The van der Waals surface area contributed by atoms with E-state index in [1.54, 1.807) is 0 Å². The van der Waals surface area contributed by atoms with Crippen LogP contribution in [-0.4, -0.2) is 14.5 Å². The second-order valence-electron chi connectivity index (χ2n) is 14.4. The third-order valence-electron chi connectivity index (χ3n) is 11.6. The number of benzene rings is 9. The van der Waals surface area contributed by atoms with Crippen LogP contribution >= 0.6 is 0 Å². The van der Waals surface area contributed by atoms with Gasteiger partial charge in [0, 0.05) is 37.9 Å². The Morgan fingerprint density at radius 3 is 1.75 bits per heavy atom. The second kappa shape index (κ2) is 10.6. The maximum absolute atomic E-state index is 6.60. The molecule has 0 radical (unpaired) electrons. The topological polar surface area (TPSA) is 57.0 Å². The van der Waals surface area contributed by atoms with Gasteiger partial charge in [-0.15, -0.1) is 0 Å². The van der Waals surface area contributed by atoms with Gasteiger partial charge in [0.15, 0.2) is 5.58 Å². The van der Waals surface area contributed by atoms with Crippen molar-refractivity contribution in [3.8, 4) is 17.2 Å². The quantitative estimate of drug-likeness (QED) is 0.168. The first-order valence-corrected chi connectivity index (χ1v) is 18.6. The van der Waals surface area contributed by atoms with Crippen molar-refractivity contribution in [2.24, 2.45) is 0 Å². The molecule has 0 saturated carbocycles. The number of para-hydroxylation sites is 2. The molecule has 0 amide bonds. The van der Waals surface area contributed by atoms with Crippen molar-refractivity contribution in [1.82, 2.24) is 14.5 Å². The molecule has 0 N–H and O–H groups in total. The van der Waals surface area contributed by atoms with Gasteiger partial charge < -0.3 is 8.83 Å². The molecule has 0 fully saturated rings. The summed E-state index contributed by atoms with van der Waals surface area (Å²) < 4.78 is 15.2. The molecule has 0 unspecified atom stereocenters. The van der Waals surface area contributed by atoms with E-state index in [0.29, 0.717) is 17.2 Å². The van der Waals surface area contributed by atoms with Gasteiger partial charge in [-0.05, 0) is 80.2 Å². The van der Waals surface area contributed by atoms with Crippen LogP contribution in [0.15, 0.2) is 173 Å². The summed E-state index contributed by atoms with van der Waals surface area (Å²) in [5.74, 6) is 0.582. The molecule has 0 bridgehead atoms. The van der Waals surface area contributed by atoms with Gasteiger partial charge in [-0.3, -0.25) is 4.57 Å². The highest BCUT2D eigenvalue weighted by atomic mass is 16.3. The molecule has 13 aromatic rings. The lowest BCUT2D eigenvalue weighted by molar-refractivity contribution is 0.666.